The number of nitrogens with zero attached hydrogens (tertiary/aromatic N) is 1. The number of hydrogen-bond acceptors (Lipinski definition) is 3. The summed E-state index contributed by atoms with van der Waals surface area (Å²) in [5, 5.41) is 11.9. The van der Waals surface area contributed by atoms with Gasteiger partial charge >= 0.3 is 6.03 Å². The zero-order chi connectivity index (χ0) is 13.7. The summed E-state index contributed by atoms with van der Waals surface area (Å²) >= 11 is 0. The first-order valence-electron chi connectivity index (χ1n) is 6.53. The highest BCUT2D eigenvalue weighted by molar-refractivity contribution is 5.89. The molecule has 2 rings (SSSR count). The van der Waals surface area contributed by atoms with Crippen molar-refractivity contribution < 1.29 is 14.6 Å². The molecule has 1 saturated heterocycles. The van der Waals surface area contributed by atoms with E-state index < -0.39 is 0 Å². The maximum absolute atomic E-state index is 12.0. The third-order valence-electron chi connectivity index (χ3n) is 3.50. The van der Waals surface area contributed by atoms with Crippen LogP contribution in [0.4, 0.5) is 10.5 Å². The van der Waals surface area contributed by atoms with Gasteiger partial charge in [-0.1, -0.05) is 0 Å². The van der Waals surface area contributed by atoms with Gasteiger partial charge in [0, 0.05) is 25.4 Å². The number of anilines is 1. The Morgan fingerprint density at radius 1 is 1.37 bits per heavy atom. The summed E-state index contributed by atoms with van der Waals surface area (Å²) in [6.07, 6.45) is 1.74. The van der Waals surface area contributed by atoms with E-state index in [1.807, 2.05) is 24.3 Å². The fourth-order valence-corrected chi connectivity index (χ4v) is 2.20. The number of piperidine rings is 1. The van der Waals surface area contributed by atoms with Crippen LogP contribution >= 0.6 is 0 Å². The molecule has 0 aromatic heterocycles. The minimum absolute atomic E-state index is 0.0819. The van der Waals surface area contributed by atoms with Gasteiger partial charge in [-0.15, -0.1) is 0 Å². The van der Waals surface area contributed by atoms with Gasteiger partial charge in [0.2, 0.25) is 0 Å². The van der Waals surface area contributed by atoms with Crippen molar-refractivity contribution in [3.63, 3.8) is 0 Å². The fourth-order valence-electron chi connectivity index (χ4n) is 2.20. The molecule has 0 saturated carbocycles. The smallest absolute Gasteiger partial charge is 0.321 e. The van der Waals surface area contributed by atoms with Crippen LogP contribution in [0.15, 0.2) is 24.3 Å². The average molecular weight is 264 g/mol. The predicted molar refractivity (Wildman–Crippen MR) is 73.4 cm³/mol. The number of likely N-dealkylation sites (tertiary alicyclic amines) is 1. The van der Waals surface area contributed by atoms with E-state index >= 15 is 0 Å². The molecule has 1 aromatic carbocycles. The number of aliphatic hydroxyl groups is 1. The molecule has 0 unspecified atom stereocenters. The van der Waals surface area contributed by atoms with Gasteiger partial charge in [0.1, 0.15) is 5.75 Å². The van der Waals surface area contributed by atoms with E-state index in [-0.39, 0.29) is 12.6 Å². The number of rotatable bonds is 3. The molecular weight excluding hydrogens is 244 g/mol. The number of aliphatic hydroxyl groups excluding tert-OH is 1. The Labute approximate surface area is 113 Å². The Hall–Kier alpha value is -1.75. The molecule has 0 bridgehead atoms. The topological polar surface area (TPSA) is 61.8 Å². The molecule has 104 valence electrons. The standard InChI is InChI=1S/C14H20N2O3/c1-19-13-4-2-12(3-5-13)15-14(18)16-8-6-11(10-17)7-9-16/h2-5,11,17H,6-10H2,1H3,(H,15,18). The van der Waals surface area contributed by atoms with Crippen LogP contribution in [0, 0.1) is 5.92 Å². The van der Waals surface area contributed by atoms with E-state index in [1.54, 1.807) is 12.0 Å². The van der Waals surface area contributed by atoms with Gasteiger partial charge in [-0.2, -0.15) is 0 Å². The van der Waals surface area contributed by atoms with Gasteiger partial charge in [0.05, 0.1) is 7.11 Å². The number of carbonyl (C=O) groups excluding carboxylic acids is 1. The van der Waals surface area contributed by atoms with Crippen LogP contribution in [0.25, 0.3) is 0 Å². The molecule has 0 atom stereocenters. The summed E-state index contributed by atoms with van der Waals surface area (Å²) in [6.45, 7) is 1.62. The van der Waals surface area contributed by atoms with Gasteiger partial charge in [-0.25, -0.2) is 4.79 Å². The molecule has 1 aromatic rings. The van der Waals surface area contributed by atoms with Crippen LogP contribution < -0.4 is 10.1 Å². The van der Waals surface area contributed by atoms with E-state index in [9.17, 15) is 4.79 Å². The minimum Gasteiger partial charge on any atom is -0.497 e. The van der Waals surface area contributed by atoms with Crippen molar-refractivity contribution in [1.82, 2.24) is 4.90 Å². The molecule has 5 heteroatoms. The van der Waals surface area contributed by atoms with Crippen LogP contribution in [0.5, 0.6) is 5.75 Å². The molecule has 2 amide bonds. The number of amides is 2. The Bertz CT molecular complexity index is 411. The highest BCUT2D eigenvalue weighted by atomic mass is 16.5. The zero-order valence-corrected chi connectivity index (χ0v) is 11.1. The van der Waals surface area contributed by atoms with Crippen molar-refractivity contribution in [2.75, 3.05) is 32.1 Å². The Balaban J connectivity index is 1.86. The number of urea groups is 1. The number of ether oxygens (including phenoxy) is 1. The molecule has 0 spiro atoms. The van der Waals surface area contributed by atoms with E-state index in [4.69, 9.17) is 9.84 Å². The van der Waals surface area contributed by atoms with Gasteiger partial charge in [-0.3, -0.25) is 0 Å². The van der Waals surface area contributed by atoms with E-state index in [1.165, 1.54) is 0 Å². The van der Waals surface area contributed by atoms with E-state index in [2.05, 4.69) is 5.32 Å². The Morgan fingerprint density at radius 3 is 2.53 bits per heavy atom. The first-order valence-corrected chi connectivity index (χ1v) is 6.53. The highest BCUT2D eigenvalue weighted by Crippen LogP contribution is 2.19. The molecule has 2 N–H and O–H groups in total. The summed E-state index contributed by atoms with van der Waals surface area (Å²) in [5.74, 6) is 1.10. The van der Waals surface area contributed by atoms with Crippen molar-refractivity contribution in [1.29, 1.82) is 0 Å². The third-order valence-corrected chi connectivity index (χ3v) is 3.50. The Morgan fingerprint density at radius 2 is 2.00 bits per heavy atom. The highest BCUT2D eigenvalue weighted by Gasteiger charge is 2.22. The summed E-state index contributed by atoms with van der Waals surface area (Å²) in [4.78, 5) is 13.8. The molecule has 1 aliphatic heterocycles. The first kappa shape index (κ1) is 13.7. The van der Waals surface area contributed by atoms with Crippen molar-refractivity contribution in [2.24, 2.45) is 5.92 Å². The molecular formula is C14H20N2O3. The lowest BCUT2D eigenvalue weighted by Crippen LogP contribution is -2.41. The van der Waals surface area contributed by atoms with Crippen molar-refractivity contribution in [3.8, 4) is 5.75 Å². The van der Waals surface area contributed by atoms with Crippen molar-refractivity contribution in [3.05, 3.63) is 24.3 Å². The van der Waals surface area contributed by atoms with Crippen LogP contribution in [0.3, 0.4) is 0 Å². The number of methoxy groups -OCH3 is 1. The molecule has 1 fully saturated rings. The summed E-state index contributed by atoms with van der Waals surface area (Å²) in [6, 6.07) is 7.18. The molecule has 1 heterocycles. The van der Waals surface area contributed by atoms with E-state index in [0.29, 0.717) is 19.0 Å². The first-order chi connectivity index (χ1) is 9.22. The largest absolute Gasteiger partial charge is 0.497 e. The van der Waals surface area contributed by atoms with Crippen LogP contribution in [0.1, 0.15) is 12.8 Å². The lowest BCUT2D eigenvalue weighted by Gasteiger charge is -2.31. The van der Waals surface area contributed by atoms with Gasteiger partial charge < -0.3 is 20.1 Å². The molecule has 0 aliphatic carbocycles. The second-order valence-corrected chi connectivity index (χ2v) is 4.77. The second kappa shape index (κ2) is 6.43. The molecule has 1 aliphatic rings. The number of benzene rings is 1. The number of hydrogen-bond donors (Lipinski definition) is 2. The predicted octanol–water partition coefficient (Wildman–Crippen LogP) is 1.93. The van der Waals surface area contributed by atoms with Crippen LogP contribution in [0.2, 0.25) is 0 Å². The van der Waals surface area contributed by atoms with Crippen molar-refractivity contribution >= 4 is 11.7 Å². The molecule has 19 heavy (non-hydrogen) atoms. The van der Waals surface area contributed by atoms with Gasteiger partial charge in [0.25, 0.3) is 0 Å². The lowest BCUT2D eigenvalue weighted by atomic mass is 9.98. The second-order valence-electron chi connectivity index (χ2n) is 4.77. The number of carbonyl (C=O) groups is 1. The summed E-state index contributed by atoms with van der Waals surface area (Å²) in [5.41, 5.74) is 0.759. The van der Waals surface area contributed by atoms with Crippen LogP contribution in [-0.2, 0) is 0 Å². The van der Waals surface area contributed by atoms with Gasteiger partial charge in [0.15, 0.2) is 0 Å². The monoisotopic (exact) mass is 264 g/mol. The zero-order valence-electron chi connectivity index (χ0n) is 11.1. The number of nitrogens with one attached hydrogen (secondary N) is 1. The maximum Gasteiger partial charge on any atom is 0.321 e. The average Bonchev–Trinajstić information content (AvgIpc) is 2.48. The SMILES string of the molecule is COc1ccc(NC(=O)N2CCC(CO)CC2)cc1. The fraction of sp³-hybridized carbons (Fsp3) is 0.500. The lowest BCUT2D eigenvalue weighted by molar-refractivity contribution is 0.143. The molecule has 0 radical (unpaired) electrons. The maximum atomic E-state index is 12.0. The quantitative estimate of drug-likeness (QED) is 0.877. The third kappa shape index (κ3) is 3.61. The normalized spacial score (nSPS) is 16.2. The van der Waals surface area contributed by atoms with Gasteiger partial charge in [-0.05, 0) is 43.0 Å². The Kier molecular flexibility index (Phi) is 4.63. The minimum atomic E-state index is -0.0819. The van der Waals surface area contributed by atoms with E-state index in [0.717, 1.165) is 24.3 Å². The summed E-state index contributed by atoms with van der Waals surface area (Å²) in [7, 11) is 1.61. The summed E-state index contributed by atoms with van der Waals surface area (Å²) < 4.78 is 5.07. The van der Waals surface area contributed by atoms with Crippen molar-refractivity contribution in [2.45, 2.75) is 12.8 Å². The van der Waals surface area contributed by atoms with Crippen LogP contribution in [-0.4, -0.2) is 42.8 Å². The molecule has 5 nitrogen and oxygen atoms in total.